The number of rotatable bonds is 7. The van der Waals surface area contributed by atoms with Gasteiger partial charge >= 0.3 is 0 Å². The number of hydrogen-bond acceptors (Lipinski definition) is 2. The van der Waals surface area contributed by atoms with Crippen molar-refractivity contribution in [3.05, 3.63) is 83.9 Å². The van der Waals surface area contributed by atoms with Gasteiger partial charge in [-0.3, -0.25) is 0 Å². The molecular formula is C29H32N2O. The Morgan fingerprint density at radius 2 is 1.44 bits per heavy atom. The fraction of sp³-hybridized carbons (Fsp3) is 0.345. The maximum atomic E-state index is 10.9. The second-order valence-corrected chi connectivity index (χ2v) is 9.71. The summed E-state index contributed by atoms with van der Waals surface area (Å²) in [5.74, 6) is 0. The van der Waals surface area contributed by atoms with Crippen molar-refractivity contribution in [2.45, 2.75) is 64.5 Å². The van der Waals surface area contributed by atoms with Gasteiger partial charge in [-0.1, -0.05) is 74.5 Å². The van der Waals surface area contributed by atoms with Gasteiger partial charge in [-0.25, -0.2) is 4.79 Å². The van der Waals surface area contributed by atoms with Gasteiger partial charge in [0.1, 0.15) is 0 Å². The van der Waals surface area contributed by atoms with E-state index >= 15 is 0 Å². The first-order valence-corrected chi connectivity index (χ1v) is 11.5. The molecule has 164 valence electrons. The van der Waals surface area contributed by atoms with Crippen LogP contribution in [0, 0.1) is 0 Å². The average molecular weight is 425 g/mol. The molecule has 0 bridgehead atoms. The van der Waals surface area contributed by atoms with Gasteiger partial charge in [-0.2, -0.15) is 4.99 Å². The molecule has 4 aromatic rings. The van der Waals surface area contributed by atoms with Gasteiger partial charge in [0, 0.05) is 27.8 Å². The van der Waals surface area contributed by atoms with E-state index in [2.05, 4.69) is 103 Å². The molecule has 0 aliphatic rings. The molecule has 0 spiro atoms. The fourth-order valence-electron chi connectivity index (χ4n) is 5.09. The van der Waals surface area contributed by atoms with Crippen LogP contribution in [-0.2, 0) is 15.7 Å². The zero-order chi connectivity index (χ0) is 22.9. The highest BCUT2D eigenvalue weighted by molar-refractivity contribution is 6.08. The SMILES string of the molecule is CCC(C)(CC(C)n1c2ccccc2c2ccccc21)c1cccc(C(C)(C)N=C=O)c1. The zero-order valence-electron chi connectivity index (χ0n) is 19.7. The number of fused-ring (bicyclic) bond motifs is 3. The Morgan fingerprint density at radius 1 is 0.875 bits per heavy atom. The van der Waals surface area contributed by atoms with Crippen LogP contribution in [0.1, 0.15) is 64.6 Å². The highest BCUT2D eigenvalue weighted by Gasteiger charge is 2.30. The van der Waals surface area contributed by atoms with Crippen molar-refractivity contribution < 1.29 is 4.79 Å². The summed E-state index contributed by atoms with van der Waals surface area (Å²) in [6.07, 6.45) is 3.77. The third-order valence-electron chi connectivity index (χ3n) is 7.18. The molecule has 3 nitrogen and oxygen atoms in total. The highest BCUT2D eigenvalue weighted by Crippen LogP contribution is 2.40. The number of aliphatic imine (C=N–C) groups is 1. The molecule has 2 atom stereocenters. The van der Waals surface area contributed by atoms with Crippen LogP contribution in [0.4, 0.5) is 0 Å². The number of carbonyl (C=O) groups excluding carboxylic acids is 1. The Morgan fingerprint density at radius 3 is 2.00 bits per heavy atom. The molecule has 3 aromatic carbocycles. The lowest BCUT2D eigenvalue weighted by atomic mass is 9.74. The molecule has 0 saturated heterocycles. The van der Waals surface area contributed by atoms with Gasteiger partial charge in [-0.15, -0.1) is 0 Å². The van der Waals surface area contributed by atoms with Crippen LogP contribution in [-0.4, -0.2) is 10.6 Å². The Labute approximate surface area is 190 Å². The van der Waals surface area contributed by atoms with Crippen LogP contribution >= 0.6 is 0 Å². The Bertz CT molecular complexity index is 1260. The number of benzene rings is 3. The van der Waals surface area contributed by atoms with Crippen molar-refractivity contribution in [3.63, 3.8) is 0 Å². The molecule has 0 N–H and O–H groups in total. The molecule has 32 heavy (non-hydrogen) atoms. The van der Waals surface area contributed by atoms with E-state index in [1.54, 1.807) is 6.08 Å². The smallest absolute Gasteiger partial charge is 0.235 e. The summed E-state index contributed by atoms with van der Waals surface area (Å²) < 4.78 is 2.50. The van der Waals surface area contributed by atoms with Crippen molar-refractivity contribution in [3.8, 4) is 0 Å². The Balaban J connectivity index is 1.77. The fourth-order valence-corrected chi connectivity index (χ4v) is 5.09. The van der Waals surface area contributed by atoms with E-state index in [9.17, 15) is 4.79 Å². The lowest BCUT2D eigenvalue weighted by molar-refractivity contribution is 0.347. The normalized spacial score (nSPS) is 14.8. The Kier molecular flexibility index (Phi) is 5.79. The van der Waals surface area contributed by atoms with Crippen LogP contribution in [0.2, 0.25) is 0 Å². The lowest BCUT2D eigenvalue weighted by Crippen LogP contribution is -2.26. The number of hydrogen-bond donors (Lipinski definition) is 0. The first-order chi connectivity index (χ1) is 15.3. The van der Waals surface area contributed by atoms with Crippen molar-refractivity contribution >= 4 is 27.9 Å². The van der Waals surface area contributed by atoms with E-state index in [4.69, 9.17) is 0 Å². The van der Waals surface area contributed by atoms with Crippen molar-refractivity contribution in [2.75, 3.05) is 0 Å². The summed E-state index contributed by atoms with van der Waals surface area (Å²) in [5, 5.41) is 2.62. The Hall–Kier alpha value is -3.16. The maximum absolute atomic E-state index is 10.9. The molecule has 4 rings (SSSR count). The summed E-state index contributed by atoms with van der Waals surface area (Å²) in [4.78, 5) is 15.0. The number of para-hydroxylation sites is 2. The first-order valence-electron chi connectivity index (χ1n) is 11.5. The minimum Gasteiger partial charge on any atom is -0.338 e. The van der Waals surface area contributed by atoms with Gasteiger partial charge < -0.3 is 4.57 Å². The van der Waals surface area contributed by atoms with E-state index in [-0.39, 0.29) is 5.41 Å². The summed E-state index contributed by atoms with van der Waals surface area (Å²) in [6.45, 7) is 10.9. The van der Waals surface area contributed by atoms with Crippen molar-refractivity contribution in [1.82, 2.24) is 4.57 Å². The van der Waals surface area contributed by atoms with E-state index in [1.807, 2.05) is 13.8 Å². The molecule has 0 aliphatic carbocycles. The molecule has 1 heterocycles. The standard InChI is InChI=1S/C29H32N2O/c1-6-29(5,23-13-11-12-22(18-23)28(3,4)30-20-32)19-21(2)31-26-16-9-7-14-24(26)25-15-8-10-17-27(25)31/h7-18,21H,6,19H2,1-5H3. The van der Waals surface area contributed by atoms with Crippen LogP contribution < -0.4 is 0 Å². The first kappa shape index (κ1) is 22.0. The maximum Gasteiger partial charge on any atom is 0.235 e. The van der Waals surface area contributed by atoms with Gasteiger partial charge in [-0.05, 0) is 62.3 Å². The van der Waals surface area contributed by atoms with Crippen LogP contribution in [0.3, 0.4) is 0 Å². The predicted octanol–water partition coefficient (Wildman–Crippen LogP) is 7.68. The lowest BCUT2D eigenvalue weighted by Gasteiger charge is -2.34. The van der Waals surface area contributed by atoms with Crippen LogP contribution in [0.25, 0.3) is 21.8 Å². The van der Waals surface area contributed by atoms with E-state index in [0.29, 0.717) is 6.04 Å². The number of nitrogens with zero attached hydrogens (tertiary/aromatic N) is 2. The molecule has 2 unspecified atom stereocenters. The van der Waals surface area contributed by atoms with Gasteiger partial charge in [0.25, 0.3) is 0 Å². The van der Waals surface area contributed by atoms with Gasteiger partial charge in [0.2, 0.25) is 6.08 Å². The number of isocyanates is 1. The summed E-state index contributed by atoms with van der Waals surface area (Å²) in [6, 6.07) is 26.3. The number of aromatic nitrogens is 1. The second kappa shape index (κ2) is 8.41. The molecule has 0 amide bonds. The predicted molar refractivity (Wildman–Crippen MR) is 134 cm³/mol. The quantitative estimate of drug-likeness (QED) is 0.221. The molecule has 3 heteroatoms. The summed E-state index contributed by atoms with van der Waals surface area (Å²) in [7, 11) is 0. The summed E-state index contributed by atoms with van der Waals surface area (Å²) >= 11 is 0. The minimum absolute atomic E-state index is 0.0110. The van der Waals surface area contributed by atoms with Crippen molar-refractivity contribution in [1.29, 1.82) is 0 Å². The third kappa shape index (κ3) is 3.78. The molecular weight excluding hydrogens is 392 g/mol. The zero-order valence-corrected chi connectivity index (χ0v) is 19.7. The average Bonchev–Trinajstić information content (AvgIpc) is 3.14. The second-order valence-electron chi connectivity index (χ2n) is 9.71. The van der Waals surface area contributed by atoms with E-state index in [1.165, 1.54) is 27.4 Å². The molecule has 0 fully saturated rings. The minimum atomic E-state index is -0.579. The molecule has 0 radical (unpaired) electrons. The van der Waals surface area contributed by atoms with Gasteiger partial charge in [0.15, 0.2) is 0 Å². The molecule has 0 aliphatic heterocycles. The van der Waals surface area contributed by atoms with Gasteiger partial charge in [0.05, 0.1) is 5.54 Å². The van der Waals surface area contributed by atoms with Crippen LogP contribution in [0.5, 0.6) is 0 Å². The largest absolute Gasteiger partial charge is 0.338 e. The van der Waals surface area contributed by atoms with Crippen molar-refractivity contribution in [2.24, 2.45) is 4.99 Å². The highest BCUT2D eigenvalue weighted by atomic mass is 16.1. The van der Waals surface area contributed by atoms with Crippen LogP contribution in [0.15, 0.2) is 77.8 Å². The summed E-state index contributed by atoms with van der Waals surface area (Å²) in [5.41, 5.74) is 4.32. The van der Waals surface area contributed by atoms with E-state index in [0.717, 1.165) is 18.4 Å². The molecule has 1 aromatic heterocycles. The third-order valence-corrected chi connectivity index (χ3v) is 7.18. The topological polar surface area (TPSA) is 34.4 Å². The van der Waals surface area contributed by atoms with E-state index < -0.39 is 5.54 Å². The molecule has 0 saturated carbocycles. The monoisotopic (exact) mass is 424 g/mol.